The Labute approximate surface area is 140 Å². The van der Waals surface area contributed by atoms with Crippen LogP contribution in [0.4, 0.5) is 65.9 Å². The van der Waals surface area contributed by atoms with E-state index in [1.807, 2.05) is 0 Å². The number of alkyl halides is 15. The molecule has 0 aliphatic rings. The first-order chi connectivity index (χ1) is 11.6. The van der Waals surface area contributed by atoms with Crippen molar-refractivity contribution >= 4 is 0 Å². The zero-order valence-corrected chi connectivity index (χ0v) is 12.7. The molecule has 16 heteroatoms. The second-order valence-corrected chi connectivity index (χ2v) is 5.10. The van der Waals surface area contributed by atoms with Crippen LogP contribution in [0.25, 0.3) is 0 Å². The van der Waals surface area contributed by atoms with E-state index in [-0.39, 0.29) is 6.42 Å². The minimum atomic E-state index is -8.31. The van der Waals surface area contributed by atoms with E-state index in [2.05, 4.69) is 4.74 Å². The highest BCUT2D eigenvalue weighted by Crippen LogP contribution is 2.64. The van der Waals surface area contributed by atoms with Crippen molar-refractivity contribution in [2.24, 2.45) is 0 Å². The topological polar surface area (TPSA) is 9.23 Å². The molecule has 0 aliphatic heterocycles. The second kappa shape index (κ2) is 7.06. The van der Waals surface area contributed by atoms with Crippen LogP contribution in [0.15, 0.2) is 0 Å². The Kier molecular flexibility index (Phi) is 6.78. The average Bonchev–Trinajstić information content (AvgIpc) is 2.42. The predicted molar refractivity (Wildman–Crippen MR) is 56.6 cm³/mol. The van der Waals surface area contributed by atoms with Gasteiger partial charge < -0.3 is 4.74 Å². The first-order valence-electron chi connectivity index (χ1n) is 6.53. The maximum atomic E-state index is 14.0. The molecule has 0 aromatic heterocycles. The molecule has 2 atom stereocenters. The predicted octanol–water partition coefficient (Wildman–Crippen LogP) is 6.13. The van der Waals surface area contributed by atoms with Crippen molar-refractivity contribution in [2.45, 2.75) is 61.7 Å². The summed E-state index contributed by atoms with van der Waals surface area (Å²) in [6.45, 7) is -0.752. The van der Waals surface area contributed by atoms with Crippen molar-refractivity contribution in [1.82, 2.24) is 0 Å². The molecule has 0 radical (unpaired) electrons. The minimum Gasteiger partial charge on any atom is -0.336 e. The van der Waals surface area contributed by atoms with Gasteiger partial charge in [0.15, 0.2) is 0 Å². The molecule has 0 bridgehead atoms. The summed E-state index contributed by atoms with van der Waals surface area (Å²) in [5, 5.41) is 0. The first kappa shape index (κ1) is 25.9. The molecule has 1 nitrogen and oxygen atoms in total. The summed E-state index contributed by atoms with van der Waals surface area (Å²) < 4.78 is 195. The molecule has 2 unspecified atom stereocenters. The molecule has 0 aromatic carbocycles. The SMILES string of the molecule is CCCCOC(F)(C(F)(F)F)C(F)(C(F)(F)F)C(F)(F)C(F)(F)C(F)(F)F. The summed E-state index contributed by atoms with van der Waals surface area (Å²) in [5.41, 5.74) is -8.15. The summed E-state index contributed by atoms with van der Waals surface area (Å²) in [7, 11) is 0. The van der Waals surface area contributed by atoms with Gasteiger partial charge in [-0.15, -0.1) is 0 Å². The van der Waals surface area contributed by atoms with Crippen LogP contribution in [0.5, 0.6) is 0 Å². The molecule has 0 heterocycles. The Hall–Kier alpha value is -1.09. The number of hydrogen-bond donors (Lipinski definition) is 0. The van der Waals surface area contributed by atoms with Crippen LogP contribution in [0.3, 0.4) is 0 Å². The average molecular weight is 442 g/mol. The summed E-state index contributed by atoms with van der Waals surface area (Å²) in [4.78, 5) is 0. The van der Waals surface area contributed by atoms with Gasteiger partial charge >= 0.3 is 41.9 Å². The normalized spacial score (nSPS) is 19.6. The quantitative estimate of drug-likeness (QED) is 0.340. The zero-order chi connectivity index (χ0) is 22.3. The first-order valence-corrected chi connectivity index (χ1v) is 6.53. The zero-order valence-electron chi connectivity index (χ0n) is 12.7. The highest BCUT2D eigenvalue weighted by Gasteiger charge is 2.96. The third kappa shape index (κ3) is 3.77. The van der Waals surface area contributed by atoms with Gasteiger partial charge in [-0.25, -0.2) is 4.39 Å². The van der Waals surface area contributed by atoms with Crippen LogP contribution in [0.2, 0.25) is 0 Å². The summed E-state index contributed by atoms with van der Waals surface area (Å²) in [6.07, 6.45) is -24.1. The Bertz CT molecular complexity index is 503. The maximum Gasteiger partial charge on any atom is 0.460 e. The van der Waals surface area contributed by atoms with Crippen LogP contribution in [-0.4, -0.2) is 48.5 Å². The Morgan fingerprint density at radius 3 is 1.22 bits per heavy atom. The van der Waals surface area contributed by atoms with Crippen molar-refractivity contribution in [3.63, 3.8) is 0 Å². The largest absolute Gasteiger partial charge is 0.460 e. The van der Waals surface area contributed by atoms with E-state index >= 15 is 0 Å². The van der Waals surface area contributed by atoms with E-state index in [1.54, 1.807) is 0 Å². The van der Waals surface area contributed by atoms with Crippen LogP contribution >= 0.6 is 0 Å². The lowest BCUT2D eigenvalue weighted by Gasteiger charge is -2.46. The van der Waals surface area contributed by atoms with E-state index in [1.165, 1.54) is 0 Å². The van der Waals surface area contributed by atoms with Gasteiger partial charge in [0.2, 0.25) is 0 Å². The van der Waals surface area contributed by atoms with Crippen LogP contribution in [-0.2, 0) is 4.74 Å². The van der Waals surface area contributed by atoms with Gasteiger partial charge in [0.1, 0.15) is 0 Å². The van der Waals surface area contributed by atoms with E-state index in [0.29, 0.717) is 0 Å². The highest BCUT2D eigenvalue weighted by molar-refractivity contribution is 5.17. The number of ether oxygens (including phenoxy) is 1. The van der Waals surface area contributed by atoms with Crippen LogP contribution in [0, 0.1) is 0 Å². The molecular weight excluding hydrogens is 433 g/mol. The molecule has 0 aliphatic carbocycles. The van der Waals surface area contributed by atoms with E-state index < -0.39 is 54.9 Å². The van der Waals surface area contributed by atoms with Crippen LogP contribution < -0.4 is 0 Å². The lowest BCUT2D eigenvalue weighted by atomic mass is 9.83. The summed E-state index contributed by atoms with van der Waals surface area (Å²) in [6, 6.07) is 0. The van der Waals surface area contributed by atoms with Crippen molar-refractivity contribution in [2.75, 3.05) is 6.61 Å². The Morgan fingerprint density at radius 2 is 0.963 bits per heavy atom. The van der Waals surface area contributed by atoms with Crippen molar-refractivity contribution in [3.05, 3.63) is 0 Å². The highest BCUT2D eigenvalue weighted by atomic mass is 19.4. The van der Waals surface area contributed by atoms with Gasteiger partial charge in [-0.1, -0.05) is 13.3 Å². The van der Waals surface area contributed by atoms with Crippen molar-refractivity contribution < 1.29 is 70.6 Å². The molecule has 0 fully saturated rings. The molecule has 0 aromatic rings. The Morgan fingerprint density at radius 1 is 0.556 bits per heavy atom. The van der Waals surface area contributed by atoms with E-state index in [9.17, 15) is 65.9 Å². The number of rotatable bonds is 7. The molecule has 0 saturated heterocycles. The number of halogens is 15. The minimum absolute atomic E-state index is 0.283. The standard InChI is InChI=1S/C11H9F15O/c1-2-3-4-27-8(17,11(24,25)26)5(12,9(18,19)20)6(13,14)7(15,16)10(21,22)23/h2-4H2,1H3. The van der Waals surface area contributed by atoms with Gasteiger partial charge in [0, 0.05) is 0 Å². The second-order valence-electron chi connectivity index (χ2n) is 5.10. The van der Waals surface area contributed by atoms with Crippen molar-refractivity contribution in [3.8, 4) is 0 Å². The smallest absolute Gasteiger partial charge is 0.336 e. The van der Waals surface area contributed by atoms with E-state index in [0.717, 1.165) is 6.92 Å². The fourth-order valence-electron chi connectivity index (χ4n) is 1.69. The summed E-state index contributed by atoms with van der Waals surface area (Å²) in [5.74, 6) is -23.7. The lowest BCUT2D eigenvalue weighted by Crippen LogP contribution is -2.78. The summed E-state index contributed by atoms with van der Waals surface area (Å²) >= 11 is 0. The lowest BCUT2D eigenvalue weighted by molar-refractivity contribution is -0.486. The van der Waals surface area contributed by atoms with Gasteiger partial charge in [-0.3, -0.25) is 0 Å². The van der Waals surface area contributed by atoms with Gasteiger partial charge in [0.25, 0.3) is 0 Å². The molecule has 0 rings (SSSR count). The molecule has 0 spiro atoms. The molecule has 0 saturated carbocycles. The molecule has 27 heavy (non-hydrogen) atoms. The molecule has 0 amide bonds. The molecule has 164 valence electrons. The monoisotopic (exact) mass is 442 g/mol. The van der Waals surface area contributed by atoms with Crippen molar-refractivity contribution in [1.29, 1.82) is 0 Å². The van der Waals surface area contributed by atoms with Gasteiger partial charge in [-0.05, 0) is 6.42 Å². The fourth-order valence-corrected chi connectivity index (χ4v) is 1.69. The third-order valence-electron chi connectivity index (χ3n) is 3.18. The van der Waals surface area contributed by atoms with Gasteiger partial charge in [0.05, 0.1) is 6.61 Å². The molecule has 0 N–H and O–H groups in total. The maximum absolute atomic E-state index is 14.0. The van der Waals surface area contributed by atoms with Gasteiger partial charge in [-0.2, -0.15) is 61.5 Å². The van der Waals surface area contributed by atoms with E-state index in [4.69, 9.17) is 0 Å². The third-order valence-corrected chi connectivity index (χ3v) is 3.18. The number of hydrogen-bond acceptors (Lipinski definition) is 1. The number of unbranched alkanes of at least 4 members (excludes halogenated alkanes) is 1. The fraction of sp³-hybridized carbons (Fsp3) is 1.00. The Balaban J connectivity index is 6.92. The van der Waals surface area contributed by atoms with Crippen LogP contribution in [0.1, 0.15) is 19.8 Å². The molecular formula is C11H9F15O.